The molecule has 1 fully saturated rings. The monoisotopic (exact) mass is 352 g/mol. The van der Waals surface area contributed by atoms with Gasteiger partial charge in [0, 0.05) is 11.4 Å². The van der Waals surface area contributed by atoms with Crippen LogP contribution in [-0.4, -0.2) is 31.2 Å². The van der Waals surface area contributed by atoms with Crippen LogP contribution in [0.25, 0.3) is 0 Å². The summed E-state index contributed by atoms with van der Waals surface area (Å²) in [6.07, 6.45) is 1.16. The summed E-state index contributed by atoms with van der Waals surface area (Å²) in [5.74, 6) is -0.581. The van der Waals surface area contributed by atoms with Crippen LogP contribution in [0.2, 0.25) is 0 Å². The van der Waals surface area contributed by atoms with E-state index in [1.165, 1.54) is 15.6 Å². The van der Waals surface area contributed by atoms with Gasteiger partial charge in [-0.2, -0.15) is 4.31 Å². The topological polar surface area (TPSA) is 80.5 Å². The van der Waals surface area contributed by atoms with Gasteiger partial charge in [-0.1, -0.05) is 0 Å². The Hall–Kier alpha value is -0.440. The average Bonchev–Trinajstić information content (AvgIpc) is 2.84. The highest BCUT2D eigenvalue weighted by Gasteiger charge is 2.39. The van der Waals surface area contributed by atoms with E-state index in [1.54, 1.807) is 13.0 Å². The van der Waals surface area contributed by atoms with Gasteiger partial charge in [0.25, 0.3) is 0 Å². The molecule has 18 heavy (non-hydrogen) atoms. The first-order chi connectivity index (χ1) is 8.34. The van der Waals surface area contributed by atoms with Crippen LogP contribution < -0.4 is 5.73 Å². The SMILES string of the molecule is Cc1sc(Br)cc1S(=O)(=O)N1CCCC1C(N)=O. The van der Waals surface area contributed by atoms with Crippen LogP contribution in [0.3, 0.4) is 0 Å². The van der Waals surface area contributed by atoms with Gasteiger partial charge in [0.2, 0.25) is 15.9 Å². The fraction of sp³-hybridized carbons (Fsp3) is 0.500. The van der Waals surface area contributed by atoms with Crippen molar-refractivity contribution in [3.8, 4) is 0 Å². The second-order valence-electron chi connectivity index (χ2n) is 4.15. The lowest BCUT2D eigenvalue weighted by Gasteiger charge is -2.21. The van der Waals surface area contributed by atoms with Gasteiger partial charge in [0.1, 0.15) is 6.04 Å². The molecule has 0 spiro atoms. The summed E-state index contributed by atoms with van der Waals surface area (Å²) in [5.41, 5.74) is 5.25. The molecule has 0 aliphatic carbocycles. The number of rotatable bonds is 3. The highest BCUT2D eigenvalue weighted by molar-refractivity contribution is 9.11. The Balaban J connectivity index is 2.43. The Morgan fingerprint density at radius 2 is 2.28 bits per heavy atom. The molecular formula is C10H13BrN2O3S2. The summed E-state index contributed by atoms with van der Waals surface area (Å²) >= 11 is 4.63. The third kappa shape index (κ3) is 2.34. The molecule has 1 aromatic heterocycles. The van der Waals surface area contributed by atoms with Gasteiger partial charge in [0.15, 0.2) is 0 Å². The summed E-state index contributed by atoms with van der Waals surface area (Å²) < 4.78 is 27.0. The number of halogens is 1. The van der Waals surface area contributed by atoms with E-state index >= 15 is 0 Å². The van der Waals surface area contributed by atoms with Crippen LogP contribution in [0, 0.1) is 6.92 Å². The molecule has 5 nitrogen and oxygen atoms in total. The third-order valence-corrected chi connectivity index (χ3v) is 6.68. The predicted octanol–water partition coefficient (Wildman–Crippen LogP) is 1.46. The maximum Gasteiger partial charge on any atom is 0.244 e. The lowest BCUT2D eigenvalue weighted by molar-refractivity contribution is -0.121. The van der Waals surface area contributed by atoms with Gasteiger partial charge in [-0.3, -0.25) is 4.79 Å². The first kappa shape index (κ1) is 14.0. The number of hydrogen-bond donors (Lipinski definition) is 1. The summed E-state index contributed by atoms with van der Waals surface area (Å²) in [7, 11) is -3.63. The molecule has 1 aromatic rings. The first-order valence-electron chi connectivity index (χ1n) is 5.41. The third-order valence-electron chi connectivity index (χ3n) is 2.96. The van der Waals surface area contributed by atoms with Crippen molar-refractivity contribution in [2.45, 2.75) is 30.7 Å². The quantitative estimate of drug-likeness (QED) is 0.893. The second kappa shape index (κ2) is 4.92. The maximum atomic E-state index is 12.5. The van der Waals surface area contributed by atoms with E-state index < -0.39 is 22.0 Å². The molecule has 2 N–H and O–H groups in total. The zero-order valence-corrected chi connectivity index (χ0v) is 12.9. The molecule has 2 rings (SSSR count). The van der Waals surface area contributed by atoms with Crippen LogP contribution >= 0.6 is 27.3 Å². The highest BCUT2D eigenvalue weighted by Crippen LogP contribution is 2.34. The van der Waals surface area contributed by atoms with Gasteiger partial charge in [0.05, 0.1) is 8.68 Å². The number of sulfonamides is 1. The van der Waals surface area contributed by atoms with E-state index in [1.807, 2.05) is 0 Å². The first-order valence-corrected chi connectivity index (χ1v) is 8.46. The molecule has 1 amide bonds. The van der Waals surface area contributed by atoms with Crippen molar-refractivity contribution in [2.75, 3.05) is 6.54 Å². The molecule has 0 saturated carbocycles. The average molecular weight is 353 g/mol. The fourth-order valence-corrected chi connectivity index (χ4v) is 6.17. The molecule has 1 aliphatic rings. The van der Waals surface area contributed by atoms with Gasteiger partial charge in [-0.15, -0.1) is 11.3 Å². The van der Waals surface area contributed by atoms with Gasteiger partial charge in [-0.25, -0.2) is 8.42 Å². The smallest absolute Gasteiger partial charge is 0.244 e. The predicted molar refractivity (Wildman–Crippen MR) is 72.9 cm³/mol. The van der Waals surface area contributed by atoms with E-state index in [0.717, 1.165) is 3.79 Å². The number of aryl methyl sites for hydroxylation is 1. The Bertz CT molecular complexity index is 582. The van der Waals surface area contributed by atoms with Gasteiger partial charge in [-0.05, 0) is 41.8 Å². The summed E-state index contributed by atoms with van der Waals surface area (Å²) in [4.78, 5) is 12.3. The van der Waals surface area contributed by atoms with Crippen LogP contribution in [0.15, 0.2) is 14.7 Å². The van der Waals surface area contributed by atoms with Crippen molar-refractivity contribution < 1.29 is 13.2 Å². The summed E-state index contributed by atoms with van der Waals surface area (Å²) in [5, 5.41) is 0. The standard InChI is InChI=1S/C10H13BrN2O3S2/c1-6-8(5-9(11)17-6)18(15,16)13-4-2-3-7(13)10(12)14/h5,7H,2-4H2,1H3,(H2,12,14). The van der Waals surface area contributed by atoms with E-state index in [0.29, 0.717) is 24.3 Å². The molecule has 1 unspecified atom stereocenters. The van der Waals surface area contributed by atoms with E-state index in [2.05, 4.69) is 15.9 Å². The van der Waals surface area contributed by atoms with E-state index in [9.17, 15) is 13.2 Å². The molecule has 0 aromatic carbocycles. The minimum Gasteiger partial charge on any atom is -0.368 e. The molecule has 100 valence electrons. The lowest BCUT2D eigenvalue weighted by atomic mass is 10.2. The zero-order chi connectivity index (χ0) is 13.5. The normalized spacial score (nSPS) is 21.3. The molecule has 0 bridgehead atoms. The highest BCUT2D eigenvalue weighted by atomic mass is 79.9. The molecule has 2 heterocycles. The van der Waals surface area contributed by atoms with Crippen molar-refractivity contribution in [3.63, 3.8) is 0 Å². The zero-order valence-electron chi connectivity index (χ0n) is 9.72. The van der Waals surface area contributed by atoms with Crippen molar-refractivity contribution in [3.05, 3.63) is 14.7 Å². The molecule has 1 aliphatic heterocycles. The number of nitrogens with two attached hydrogens (primary N) is 1. The van der Waals surface area contributed by atoms with Gasteiger partial charge < -0.3 is 5.73 Å². The molecule has 8 heteroatoms. The Morgan fingerprint density at radius 3 is 2.78 bits per heavy atom. The maximum absolute atomic E-state index is 12.5. The largest absolute Gasteiger partial charge is 0.368 e. The van der Waals surface area contributed by atoms with Crippen molar-refractivity contribution in [1.29, 1.82) is 0 Å². The molecule has 0 radical (unpaired) electrons. The number of hydrogen-bond acceptors (Lipinski definition) is 4. The number of carbonyl (C=O) groups is 1. The number of thiophene rings is 1. The van der Waals surface area contributed by atoms with E-state index in [-0.39, 0.29) is 4.90 Å². The van der Waals surface area contributed by atoms with Crippen LogP contribution in [0.4, 0.5) is 0 Å². The lowest BCUT2D eigenvalue weighted by Crippen LogP contribution is -2.43. The fourth-order valence-electron chi connectivity index (χ4n) is 2.13. The number of primary amides is 1. The van der Waals surface area contributed by atoms with Crippen LogP contribution in [-0.2, 0) is 14.8 Å². The minimum atomic E-state index is -3.63. The van der Waals surface area contributed by atoms with Crippen LogP contribution in [0.1, 0.15) is 17.7 Å². The number of nitrogens with zero attached hydrogens (tertiary/aromatic N) is 1. The number of amides is 1. The molecule has 1 atom stereocenters. The van der Waals surface area contributed by atoms with Gasteiger partial charge >= 0.3 is 0 Å². The Kier molecular flexibility index (Phi) is 3.82. The van der Waals surface area contributed by atoms with E-state index in [4.69, 9.17) is 5.73 Å². The van der Waals surface area contributed by atoms with Crippen LogP contribution in [0.5, 0.6) is 0 Å². The summed E-state index contributed by atoms with van der Waals surface area (Å²) in [6, 6.07) is 0.860. The summed E-state index contributed by atoms with van der Waals surface area (Å²) in [6.45, 7) is 2.10. The molecule has 1 saturated heterocycles. The molecular weight excluding hydrogens is 340 g/mol. The minimum absolute atomic E-state index is 0.257. The second-order valence-corrected chi connectivity index (χ2v) is 8.64. The van der Waals surface area contributed by atoms with Crippen molar-refractivity contribution in [1.82, 2.24) is 4.31 Å². The Morgan fingerprint density at radius 1 is 1.61 bits per heavy atom. The Labute approximate surface area is 118 Å². The number of carbonyl (C=O) groups excluding carboxylic acids is 1. The van der Waals surface area contributed by atoms with Crippen molar-refractivity contribution >= 4 is 43.2 Å². The van der Waals surface area contributed by atoms with Crippen molar-refractivity contribution in [2.24, 2.45) is 5.73 Å².